The number of rotatable bonds is 5. The van der Waals surface area contributed by atoms with Gasteiger partial charge in [0.1, 0.15) is 11.9 Å². The van der Waals surface area contributed by atoms with E-state index in [9.17, 15) is 23.6 Å². The summed E-state index contributed by atoms with van der Waals surface area (Å²) >= 11 is 6.13. The highest BCUT2D eigenvalue weighted by molar-refractivity contribution is 6.31. The van der Waals surface area contributed by atoms with Crippen molar-refractivity contribution in [2.24, 2.45) is 7.05 Å². The number of hydrogen-bond donors (Lipinski definition) is 2. The Labute approximate surface area is 198 Å². The quantitative estimate of drug-likeness (QED) is 0.544. The summed E-state index contributed by atoms with van der Waals surface area (Å²) < 4.78 is 16.8. The van der Waals surface area contributed by atoms with E-state index in [-0.39, 0.29) is 29.7 Å². The summed E-state index contributed by atoms with van der Waals surface area (Å²) in [5, 5.41) is 6.77. The number of fused-ring (bicyclic) bond motifs is 2. The zero-order valence-corrected chi connectivity index (χ0v) is 18.9. The van der Waals surface area contributed by atoms with Crippen molar-refractivity contribution in [2.45, 2.75) is 25.3 Å². The molecule has 8 nitrogen and oxygen atoms in total. The molecule has 2 aliphatic rings. The minimum atomic E-state index is -1.09. The third kappa shape index (κ3) is 3.62. The highest BCUT2D eigenvalue weighted by Crippen LogP contribution is 2.31. The van der Waals surface area contributed by atoms with Crippen molar-refractivity contribution in [3.8, 4) is 0 Å². The summed E-state index contributed by atoms with van der Waals surface area (Å²) in [5.41, 5.74) is 2.07. The topological polar surface area (TPSA) is 101 Å². The van der Waals surface area contributed by atoms with Gasteiger partial charge in [-0.2, -0.15) is 0 Å². The summed E-state index contributed by atoms with van der Waals surface area (Å²) in [4.78, 5) is 50.2. The van der Waals surface area contributed by atoms with Gasteiger partial charge < -0.3 is 9.88 Å². The number of nitrogens with zero attached hydrogens (tertiary/aromatic N) is 2. The molecule has 1 saturated heterocycles. The van der Waals surface area contributed by atoms with Gasteiger partial charge in [0.05, 0.1) is 16.8 Å². The molecule has 0 saturated carbocycles. The molecule has 0 aliphatic carbocycles. The van der Waals surface area contributed by atoms with Crippen molar-refractivity contribution >= 4 is 51.8 Å². The van der Waals surface area contributed by atoms with E-state index in [0.29, 0.717) is 18.0 Å². The van der Waals surface area contributed by atoms with Crippen LogP contribution >= 0.6 is 11.6 Å². The minimum absolute atomic E-state index is 0.0182. The molecule has 4 amide bonds. The van der Waals surface area contributed by atoms with Crippen LogP contribution in [0.5, 0.6) is 0 Å². The van der Waals surface area contributed by atoms with Crippen molar-refractivity contribution in [1.29, 1.82) is 0 Å². The lowest BCUT2D eigenvalue weighted by Gasteiger charge is -2.27. The van der Waals surface area contributed by atoms with E-state index in [4.69, 9.17) is 11.6 Å². The molecule has 0 radical (unpaired) electrons. The first-order valence-electron chi connectivity index (χ1n) is 10.8. The maximum absolute atomic E-state index is 14.8. The third-order valence-corrected chi connectivity index (χ3v) is 6.51. The number of anilines is 1. The highest BCUT2D eigenvalue weighted by Gasteiger charge is 2.45. The van der Waals surface area contributed by atoms with E-state index >= 15 is 0 Å². The van der Waals surface area contributed by atoms with Crippen molar-refractivity contribution in [1.82, 2.24) is 14.8 Å². The van der Waals surface area contributed by atoms with Crippen LogP contribution in [0.15, 0.2) is 36.5 Å². The molecule has 1 atom stereocenters. The van der Waals surface area contributed by atoms with Gasteiger partial charge in [0, 0.05) is 42.1 Å². The Hall–Kier alpha value is -3.72. The maximum Gasteiger partial charge on any atom is 0.262 e. The van der Waals surface area contributed by atoms with Crippen LogP contribution in [0.2, 0.25) is 5.02 Å². The molecule has 1 unspecified atom stereocenters. The number of imide groups is 2. The SMILES string of the molecule is Cn1cc(CCNc2cc3c(cc2F)C(=O)N(C2CCC(=O)NC2=O)C3=O)c2cc(Cl)ccc21. The third-order valence-electron chi connectivity index (χ3n) is 6.27. The summed E-state index contributed by atoms with van der Waals surface area (Å²) in [6.07, 6.45) is 2.62. The summed E-state index contributed by atoms with van der Waals surface area (Å²) in [6, 6.07) is 6.87. The molecular weight excluding hydrogens is 463 g/mol. The van der Waals surface area contributed by atoms with Crippen molar-refractivity contribution in [3.63, 3.8) is 0 Å². The molecule has 2 aromatic carbocycles. The predicted octanol–water partition coefficient (Wildman–Crippen LogP) is 3.03. The summed E-state index contributed by atoms with van der Waals surface area (Å²) in [7, 11) is 1.93. The van der Waals surface area contributed by atoms with Gasteiger partial charge in [-0.1, -0.05) is 11.6 Å². The predicted molar refractivity (Wildman–Crippen MR) is 123 cm³/mol. The number of hydrogen-bond acceptors (Lipinski definition) is 5. The Morgan fingerprint density at radius 2 is 1.85 bits per heavy atom. The average molecular weight is 483 g/mol. The van der Waals surface area contributed by atoms with Crippen LogP contribution in [-0.4, -0.2) is 45.7 Å². The standard InChI is InChI=1S/C24H20ClFN4O4/c1-29-11-12(14-8-13(25)2-3-19(14)29)6-7-27-18-10-16-15(9-17(18)26)23(33)30(24(16)34)20-4-5-21(31)28-22(20)32/h2-3,8-11,20,27H,4-7H2,1H3,(H,28,31,32). The van der Waals surface area contributed by atoms with Crippen LogP contribution in [0.3, 0.4) is 0 Å². The van der Waals surface area contributed by atoms with E-state index in [1.165, 1.54) is 6.07 Å². The van der Waals surface area contributed by atoms with Gasteiger partial charge in [-0.15, -0.1) is 0 Å². The van der Waals surface area contributed by atoms with Crippen LogP contribution in [-0.2, 0) is 23.1 Å². The molecule has 2 aliphatic heterocycles. The number of halogens is 2. The number of nitrogens with one attached hydrogen (secondary N) is 2. The smallest absolute Gasteiger partial charge is 0.262 e. The van der Waals surface area contributed by atoms with Crippen molar-refractivity contribution in [2.75, 3.05) is 11.9 Å². The number of aromatic nitrogens is 1. The van der Waals surface area contributed by atoms with Gasteiger partial charge >= 0.3 is 0 Å². The molecule has 0 bridgehead atoms. The monoisotopic (exact) mass is 482 g/mol. The number of amides is 4. The first kappa shape index (κ1) is 22.1. The fourth-order valence-corrected chi connectivity index (χ4v) is 4.77. The number of carbonyl (C=O) groups excluding carboxylic acids is 4. The number of benzene rings is 2. The van der Waals surface area contributed by atoms with Gasteiger partial charge in [-0.3, -0.25) is 29.4 Å². The van der Waals surface area contributed by atoms with Gasteiger partial charge in [0.15, 0.2) is 0 Å². The second kappa shape index (κ2) is 8.25. The lowest BCUT2D eigenvalue weighted by atomic mass is 10.0. The lowest BCUT2D eigenvalue weighted by Crippen LogP contribution is -2.54. The molecular formula is C24H20ClFN4O4. The zero-order valence-electron chi connectivity index (χ0n) is 18.2. The highest BCUT2D eigenvalue weighted by atomic mass is 35.5. The van der Waals surface area contributed by atoms with Crippen LogP contribution in [0.25, 0.3) is 10.9 Å². The molecule has 3 aromatic rings. The molecule has 34 heavy (non-hydrogen) atoms. The first-order valence-corrected chi connectivity index (χ1v) is 11.1. The van der Waals surface area contributed by atoms with Crippen LogP contribution in [0, 0.1) is 5.82 Å². The molecule has 0 spiro atoms. The molecule has 1 fully saturated rings. The molecule has 3 heterocycles. The fourth-order valence-electron chi connectivity index (χ4n) is 4.60. The molecule has 5 rings (SSSR count). The Morgan fingerprint density at radius 3 is 2.59 bits per heavy atom. The molecule has 1 aromatic heterocycles. The second-order valence-corrected chi connectivity index (χ2v) is 8.86. The number of aryl methyl sites for hydroxylation is 1. The Morgan fingerprint density at radius 1 is 1.12 bits per heavy atom. The zero-order chi connectivity index (χ0) is 24.1. The molecule has 2 N–H and O–H groups in total. The maximum atomic E-state index is 14.8. The summed E-state index contributed by atoms with van der Waals surface area (Å²) in [5.74, 6) is -3.26. The first-order chi connectivity index (χ1) is 16.2. The van der Waals surface area contributed by atoms with Gasteiger partial charge in [0.25, 0.3) is 11.8 Å². The Balaban J connectivity index is 1.35. The van der Waals surface area contributed by atoms with E-state index in [1.807, 2.05) is 36.0 Å². The fraction of sp³-hybridized carbons (Fsp3) is 0.250. The summed E-state index contributed by atoms with van der Waals surface area (Å²) in [6.45, 7) is 0.375. The Bertz CT molecular complexity index is 1400. The van der Waals surface area contributed by atoms with E-state index in [1.54, 1.807) is 0 Å². The van der Waals surface area contributed by atoms with Crippen LogP contribution < -0.4 is 10.6 Å². The van der Waals surface area contributed by atoms with Crippen LogP contribution in [0.4, 0.5) is 10.1 Å². The van der Waals surface area contributed by atoms with Gasteiger partial charge in [-0.25, -0.2) is 4.39 Å². The normalized spacial score (nSPS) is 18.0. The Kier molecular flexibility index (Phi) is 5.36. The van der Waals surface area contributed by atoms with E-state index in [0.717, 1.165) is 27.4 Å². The largest absolute Gasteiger partial charge is 0.382 e. The van der Waals surface area contributed by atoms with Gasteiger partial charge in [0.2, 0.25) is 11.8 Å². The average Bonchev–Trinajstić information content (AvgIpc) is 3.22. The van der Waals surface area contributed by atoms with Gasteiger partial charge in [-0.05, 0) is 48.7 Å². The number of carbonyl (C=O) groups is 4. The lowest BCUT2D eigenvalue weighted by molar-refractivity contribution is -0.136. The van der Waals surface area contributed by atoms with E-state index in [2.05, 4.69) is 10.6 Å². The van der Waals surface area contributed by atoms with Crippen molar-refractivity contribution in [3.05, 3.63) is 64.1 Å². The minimum Gasteiger partial charge on any atom is -0.382 e. The number of piperidine rings is 1. The van der Waals surface area contributed by atoms with Crippen molar-refractivity contribution < 1.29 is 23.6 Å². The molecule has 174 valence electrons. The second-order valence-electron chi connectivity index (χ2n) is 8.43. The molecule has 10 heteroatoms. The van der Waals surface area contributed by atoms with Crippen LogP contribution in [0.1, 0.15) is 39.1 Å². The van der Waals surface area contributed by atoms with E-state index < -0.39 is 35.5 Å².